The molecule has 0 aliphatic rings. The molecule has 2 aromatic carbocycles. The van der Waals surface area contributed by atoms with Crippen LogP contribution in [0.25, 0.3) is 10.8 Å². The third-order valence-electron chi connectivity index (χ3n) is 6.82. The van der Waals surface area contributed by atoms with Gasteiger partial charge in [-0.15, -0.1) is 0 Å². The number of carbonyl (C=O) groups is 1. The monoisotopic (exact) mass is 542 g/mol. The van der Waals surface area contributed by atoms with Crippen LogP contribution < -0.4 is 5.32 Å². The van der Waals surface area contributed by atoms with E-state index >= 15 is 0 Å². The first-order valence-corrected chi connectivity index (χ1v) is 15.3. The van der Waals surface area contributed by atoms with E-state index in [0.717, 1.165) is 25.3 Å². The molecule has 0 aliphatic heterocycles. The van der Waals surface area contributed by atoms with Crippen molar-refractivity contribution >= 4 is 56.4 Å². The number of hydrogen-bond acceptors (Lipinski definition) is 4. The number of aromatic hydroxyl groups is 1. The van der Waals surface area contributed by atoms with Crippen LogP contribution in [-0.2, 0) is 10.1 Å². The molecule has 8 heteroatoms. The van der Waals surface area contributed by atoms with Gasteiger partial charge >= 0.3 is 0 Å². The number of rotatable bonds is 19. The van der Waals surface area contributed by atoms with Crippen LogP contribution in [0.5, 0.6) is 5.75 Å². The van der Waals surface area contributed by atoms with Crippen LogP contribution in [0.15, 0.2) is 35.2 Å². The van der Waals surface area contributed by atoms with Crippen LogP contribution in [0.1, 0.15) is 120 Å². The molecule has 37 heavy (non-hydrogen) atoms. The molecule has 0 aliphatic carbocycles. The molecule has 6 nitrogen and oxygen atoms in total. The summed E-state index contributed by atoms with van der Waals surface area (Å²) in [6.45, 7) is 2.71. The van der Waals surface area contributed by atoms with Crippen molar-refractivity contribution in [3.8, 4) is 5.75 Å². The van der Waals surface area contributed by atoms with Gasteiger partial charge < -0.3 is 10.4 Å². The van der Waals surface area contributed by atoms with Gasteiger partial charge in [0, 0.05) is 46.9 Å². The van der Waals surface area contributed by atoms with E-state index in [0.29, 0.717) is 6.54 Å². The second kappa shape index (κ2) is 19.0. The molecule has 0 spiro atoms. The molecule has 0 bridgehead atoms. The van der Waals surface area contributed by atoms with Crippen molar-refractivity contribution < 1.29 is 22.9 Å². The number of hydrogen-bond donors (Lipinski definition) is 3. The van der Waals surface area contributed by atoms with Crippen LogP contribution >= 0.6 is 0 Å². The molecule has 203 valence electrons. The van der Waals surface area contributed by atoms with E-state index in [1.165, 1.54) is 95.6 Å². The van der Waals surface area contributed by atoms with Crippen molar-refractivity contribution in [3.63, 3.8) is 0 Å². The molecule has 2 aromatic rings. The average molecular weight is 543 g/mol. The summed E-state index contributed by atoms with van der Waals surface area (Å²) in [6, 6.07) is 7.28. The van der Waals surface area contributed by atoms with Gasteiger partial charge in [-0.05, 0) is 12.5 Å². The fourth-order valence-electron chi connectivity index (χ4n) is 4.68. The van der Waals surface area contributed by atoms with Crippen LogP contribution in [0.3, 0.4) is 0 Å². The van der Waals surface area contributed by atoms with Crippen LogP contribution in [0.2, 0.25) is 0 Å². The maximum absolute atomic E-state index is 12.6. The fourth-order valence-corrected chi connectivity index (χ4v) is 5.41. The molecule has 1 amide bonds. The maximum Gasteiger partial charge on any atom is 0.295 e. The predicted molar refractivity (Wildman–Crippen MR) is 153 cm³/mol. The van der Waals surface area contributed by atoms with E-state index in [2.05, 4.69) is 12.2 Å². The van der Waals surface area contributed by atoms with Crippen molar-refractivity contribution in [1.29, 1.82) is 0 Å². The molecule has 1 radical (unpaired) electrons. The van der Waals surface area contributed by atoms with Gasteiger partial charge in [-0.25, -0.2) is 0 Å². The Balaban J connectivity index is 0.00000684. The molecule has 3 N–H and O–H groups in total. The maximum atomic E-state index is 12.6. The SMILES string of the molecule is CCCCCCCCCCCCCCCCCCNC(=O)c1cc(S(=O)(=O)O)c2ccccc2c1O.[Na]. The van der Waals surface area contributed by atoms with E-state index < -0.39 is 16.0 Å². The van der Waals surface area contributed by atoms with Gasteiger partial charge in [0.15, 0.2) is 0 Å². The van der Waals surface area contributed by atoms with E-state index in [1.54, 1.807) is 12.1 Å². The third kappa shape index (κ3) is 12.5. The Morgan fingerprint density at radius 3 is 1.65 bits per heavy atom. The number of carbonyl (C=O) groups excluding carboxylic acids is 1. The Hall–Kier alpha value is -1.12. The number of phenolic OH excluding ortho intramolecular Hbond substituents is 1. The zero-order valence-corrected chi connectivity index (χ0v) is 25.8. The molecule has 2 rings (SSSR count). The molecular formula is C29H45NNaO5S. The molecule has 0 unspecified atom stereocenters. The standard InChI is InChI=1S/C29H45NO5S.Na/c1-2-3-4-5-6-7-8-9-10-11-12-13-14-15-16-19-22-30-29(32)26-23-27(36(33,34)35)24-20-17-18-21-25(24)28(26)31;/h17-18,20-21,23,31H,2-16,19,22H2,1H3,(H,30,32)(H,33,34,35);. The summed E-state index contributed by atoms with van der Waals surface area (Å²) in [5.74, 6) is -0.841. The molecule has 0 fully saturated rings. The molecule has 0 aromatic heterocycles. The molecule has 0 heterocycles. The molecule has 0 saturated heterocycles. The van der Waals surface area contributed by atoms with Gasteiger partial charge in [0.1, 0.15) is 10.6 Å². The smallest absolute Gasteiger partial charge is 0.295 e. The van der Waals surface area contributed by atoms with Gasteiger partial charge in [0.05, 0.1) is 5.56 Å². The van der Waals surface area contributed by atoms with E-state index in [1.807, 2.05) is 0 Å². The fraction of sp³-hybridized carbons (Fsp3) is 0.621. The second-order valence-electron chi connectivity index (χ2n) is 9.85. The van der Waals surface area contributed by atoms with E-state index in [9.17, 15) is 22.9 Å². The zero-order valence-electron chi connectivity index (χ0n) is 22.9. The minimum Gasteiger partial charge on any atom is -0.506 e. The normalized spacial score (nSPS) is 11.4. The number of nitrogens with one attached hydrogen (secondary N) is 1. The Kier molecular flexibility index (Phi) is 17.4. The molecule has 0 saturated carbocycles. The van der Waals surface area contributed by atoms with Crippen LogP contribution in [-0.4, -0.2) is 60.1 Å². The quantitative estimate of drug-likeness (QED) is 0.0974. The number of fused-ring (bicyclic) bond motifs is 1. The van der Waals surface area contributed by atoms with Crippen molar-refractivity contribution in [1.82, 2.24) is 5.32 Å². The van der Waals surface area contributed by atoms with Crippen molar-refractivity contribution in [2.75, 3.05) is 6.54 Å². The summed E-state index contributed by atoms with van der Waals surface area (Å²) in [6.07, 6.45) is 20.4. The Morgan fingerprint density at radius 2 is 1.19 bits per heavy atom. The zero-order chi connectivity index (χ0) is 26.2. The first-order chi connectivity index (χ1) is 17.4. The van der Waals surface area contributed by atoms with Crippen LogP contribution in [0, 0.1) is 0 Å². The molecular weight excluding hydrogens is 497 g/mol. The summed E-state index contributed by atoms with van der Waals surface area (Å²) in [7, 11) is -4.55. The summed E-state index contributed by atoms with van der Waals surface area (Å²) in [5.41, 5.74) is -0.155. The number of unbranched alkanes of at least 4 members (excludes halogenated alkanes) is 15. The van der Waals surface area contributed by atoms with Gasteiger partial charge in [-0.2, -0.15) is 8.42 Å². The first kappa shape index (κ1) is 33.9. The van der Waals surface area contributed by atoms with Crippen molar-refractivity contribution in [2.45, 2.75) is 115 Å². The summed E-state index contributed by atoms with van der Waals surface area (Å²) >= 11 is 0. The van der Waals surface area contributed by atoms with E-state index in [-0.39, 0.29) is 56.5 Å². The Labute approximate surface area is 246 Å². The van der Waals surface area contributed by atoms with Gasteiger partial charge in [-0.1, -0.05) is 128 Å². The van der Waals surface area contributed by atoms with Gasteiger partial charge in [-0.3, -0.25) is 9.35 Å². The topological polar surface area (TPSA) is 104 Å². The van der Waals surface area contributed by atoms with Crippen molar-refractivity contribution in [3.05, 3.63) is 35.9 Å². The van der Waals surface area contributed by atoms with Gasteiger partial charge in [0.2, 0.25) is 0 Å². The minimum atomic E-state index is -4.55. The Morgan fingerprint density at radius 1 is 0.757 bits per heavy atom. The molecule has 0 atom stereocenters. The largest absolute Gasteiger partial charge is 0.506 e. The predicted octanol–water partition coefficient (Wildman–Crippen LogP) is 7.40. The number of benzene rings is 2. The minimum absolute atomic E-state index is 0. The average Bonchev–Trinajstić information content (AvgIpc) is 2.85. The summed E-state index contributed by atoms with van der Waals surface area (Å²) in [5, 5.41) is 13.7. The number of phenols is 1. The summed E-state index contributed by atoms with van der Waals surface area (Å²) in [4.78, 5) is 12.2. The number of amides is 1. The summed E-state index contributed by atoms with van der Waals surface area (Å²) < 4.78 is 33.2. The van der Waals surface area contributed by atoms with Crippen molar-refractivity contribution in [2.24, 2.45) is 0 Å². The van der Waals surface area contributed by atoms with Gasteiger partial charge in [0.25, 0.3) is 16.0 Å². The second-order valence-corrected chi connectivity index (χ2v) is 11.2. The Bertz CT molecular complexity index is 1040. The van der Waals surface area contributed by atoms with E-state index in [4.69, 9.17) is 0 Å². The first-order valence-electron chi connectivity index (χ1n) is 13.9. The third-order valence-corrected chi connectivity index (χ3v) is 7.71. The van der Waals surface area contributed by atoms with Crippen LogP contribution in [0.4, 0.5) is 0 Å².